The van der Waals surface area contributed by atoms with Crippen molar-refractivity contribution in [2.24, 2.45) is 23.5 Å². The van der Waals surface area contributed by atoms with Gasteiger partial charge in [-0.2, -0.15) is 11.8 Å². The van der Waals surface area contributed by atoms with Gasteiger partial charge in [-0.25, -0.2) is 10.3 Å². The highest BCUT2D eigenvalue weighted by Crippen LogP contribution is 2.34. The second-order valence-corrected chi connectivity index (χ2v) is 19.4. The van der Waals surface area contributed by atoms with E-state index in [-0.39, 0.29) is 67.3 Å². The van der Waals surface area contributed by atoms with Gasteiger partial charge in [-0.05, 0) is 80.9 Å². The molecule has 0 spiro atoms. The van der Waals surface area contributed by atoms with Crippen LogP contribution in [-0.4, -0.2) is 124 Å². The topological polar surface area (TPSA) is 328 Å². The Morgan fingerprint density at radius 2 is 1.46 bits per heavy atom. The smallest absolute Gasteiger partial charge is 0.315 e. The molecule has 1 aliphatic carbocycles. The van der Waals surface area contributed by atoms with Crippen molar-refractivity contribution in [2.45, 2.75) is 146 Å². The van der Waals surface area contributed by atoms with Gasteiger partial charge in [0, 0.05) is 42.7 Å². The number of aromatic hydroxyl groups is 1. The minimum atomic E-state index is -1.21. The highest BCUT2D eigenvalue weighted by Gasteiger charge is 2.42. The molecule has 7 atom stereocenters. The van der Waals surface area contributed by atoms with Crippen LogP contribution in [0.5, 0.6) is 5.75 Å². The second kappa shape index (κ2) is 27.9. The fourth-order valence-corrected chi connectivity index (χ4v) is 10.3. The van der Waals surface area contributed by atoms with Crippen molar-refractivity contribution >= 4 is 65.1 Å². The van der Waals surface area contributed by atoms with E-state index in [1.54, 1.807) is 17.6 Å². The lowest BCUT2D eigenvalue weighted by Gasteiger charge is -2.31. The average molecular weight is 959 g/mol. The quantitative estimate of drug-likeness (QED) is 0.0233. The number of hydrogen-bond donors (Lipinski definition) is 12. The maximum Gasteiger partial charge on any atom is 0.315 e. The number of nitrogens with one attached hydrogen (secondary N) is 9. The Balaban J connectivity index is 1.20. The summed E-state index contributed by atoms with van der Waals surface area (Å²) in [6.07, 6.45) is 8.08. The second-order valence-electron chi connectivity index (χ2n) is 18.1. The van der Waals surface area contributed by atoms with Crippen LogP contribution in [0.3, 0.4) is 0 Å². The van der Waals surface area contributed by atoms with Crippen molar-refractivity contribution in [3.05, 3.63) is 29.8 Å². The average Bonchev–Trinajstić information content (AvgIpc) is 3.86. The molecule has 21 nitrogen and oxygen atoms in total. The van der Waals surface area contributed by atoms with Crippen LogP contribution in [0.15, 0.2) is 24.3 Å². The molecule has 0 aromatic heterocycles. The van der Waals surface area contributed by atoms with Crippen LogP contribution >= 0.6 is 11.8 Å². The Labute approximate surface area is 395 Å². The van der Waals surface area contributed by atoms with Gasteiger partial charge < -0.3 is 53.4 Å². The zero-order valence-electron chi connectivity index (χ0n) is 38.5. The van der Waals surface area contributed by atoms with Crippen LogP contribution < -0.4 is 53.7 Å². The summed E-state index contributed by atoms with van der Waals surface area (Å²) in [6, 6.07) is 2.84. The van der Waals surface area contributed by atoms with Gasteiger partial charge in [0.05, 0.1) is 25.2 Å². The van der Waals surface area contributed by atoms with Gasteiger partial charge in [0.15, 0.2) is 0 Å². The number of rotatable bonds is 28. The lowest BCUT2D eigenvalue weighted by molar-refractivity contribution is -0.138. The SMILES string of the molecule is CC(C)C[C@H](NC(=O)[C@H](Cc1ccc(O)cc1)NC(=O)C(CC(=O)NO)C1CCCCC1)C(=O)NCC(=O)NCC(=O)N[C@@H](CCCCNC(=O)CCCC[C@@H]1SC[C@@H]2NC(=O)N[C@@H]21)C(N)=O. The van der Waals surface area contributed by atoms with Gasteiger partial charge in [0.1, 0.15) is 23.9 Å². The van der Waals surface area contributed by atoms with Crippen LogP contribution in [0, 0.1) is 17.8 Å². The van der Waals surface area contributed by atoms with E-state index in [9.17, 15) is 53.5 Å². The van der Waals surface area contributed by atoms with E-state index >= 15 is 0 Å². The first-order valence-electron chi connectivity index (χ1n) is 23.4. The molecule has 1 aromatic rings. The zero-order valence-corrected chi connectivity index (χ0v) is 39.3. The number of benzene rings is 1. The lowest BCUT2D eigenvalue weighted by Crippen LogP contribution is -2.56. The Morgan fingerprint density at radius 1 is 0.761 bits per heavy atom. The number of hydrogen-bond acceptors (Lipinski definition) is 12. The summed E-state index contributed by atoms with van der Waals surface area (Å²) in [5, 5.41) is 41.0. The molecule has 3 aliphatic rings. The van der Waals surface area contributed by atoms with Crippen LogP contribution in [0.2, 0.25) is 0 Å². The van der Waals surface area contributed by atoms with Crippen LogP contribution in [0.25, 0.3) is 0 Å². The zero-order chi connectivity index (χ0) is 48.9. The van der Waals surface area contributed by atoms with Crippen molar-refractivity contribution in [2.75, 3.05) is 25.4 Å². The highest BCUT2D eigenvalue weighted by atomic mass is 32.2. The molecule has 2 aliphatic heterocycles. The maximum absolute atomic E-state index is 14.0. The number of urea groups is 1. The Bertz CT molecular complexity index is 1870. The molecule has 1 aromatic carbocycles. The summed E-state index contributed by atoms with van der Waals surface area (Å²) < 4.78 is 0. The number of phenols is 1. The molecule has 2 saturated heterocycles. The van der Waals surface area contributed by atoms with Gasteiger partial charge in [0.25, 0.3) is 0 Å². The molecule has 67 heavy (non-hydrogen) atoms. The molecule has 0 radical (unpaired) electrons. The maximum atomic E-state index is 14.0. The van der Waals surface area contributed by atoms with Gasteiger partial charge in [-0.3, -0.25) is 43.6 Å². The molecule has 13 N–H and O–H groups in total. The highest BCUT2D eigenvalue weighted by molar-refractivity contribution is 8.00. The number of hydroxylamine groups is 1. The summed E-state index contributed by atoms with van der Waals surface area (Å²) in [5.41, 5.74) is 7.70. The minimum absolute atomic E-state index is 0.00311. The van der Waals surface area contributed by atoms with E-state index in [0.717, 1.165) is 44.3 Å². The number of thioether (sulfide) groups is 1. The third kappa shape index (κ3) is 18.9. The van der Waals surface area contributed by atoms with Gasteiger partial charge >= 0.3 is 6.03 Å². The third-order valence-electron chi connectivity index (χ3n) is 12.3. The number of primary amides is 1. The van der Waals surface area contributed by atoms with Gasteiger partial charge in [0.2, 0.25) is 47.3 Å². The van der Waals surface area contributed by atoms with E-state index in [4.69, 9.17) is 5.73 Å². The minimum Gasteiger partial charge on any atom is -0.508 e. The van der Waals surface area contributed by atoms with Crippen molar-refractivity contribution in [3.63, 3.8) is 0 Å². The summed E-state index contributed by atoms with van der Waals surface area (Å²) >= 11 is 1.84. The van der Waals surface area contributed by atoms with E-state index < -0.39 is 78.5 Å². The van der Waals surface area contributed by atoms with Crippen molar-refractivity contribution in [1.82, 2.24) is 48.0 Å². The predicted octanol–water partition coefficient (Wildman–Crippen LogP) is 0.257. The molecular formula is C45H70N10O11S. The molecule has 10 amide bonds. The molecule has 372 valence electrons. The summed E-state index contributed by atoms with van der Waals surface area (Å²) in [6.45, 7) is 2.97. The molecular weight excluding hydrogens is 889 g/mol. The van der Waals surface area contributed by atoms with Crippen molar-refractivity contribution in [1.29, 1.82) is 0 Å². The Kier molecular flexibility index (Phi) is 22.4. The van der Waals surface area contributed by atoms with Crippen LogP contribution in [0.4, 0.5) is 4.79 Å². The fourth-order valence-electron chi connectivity index (χ4n) is 8.71. The Hall–Kier alpha value is -5.64. The number of carbonyl (C=O) groups excluding carboxylic acids is 9. The van der Waals surface area contributed by atoms with Gasteiger partial charge in [-0.1, -0.05) is 51.7 Å². The van der Waals surface area contributed by atoms with E-state index in [1.165, 1.54) is 12.1 Å². The molecule has 3 fully saturated rings. The number of nitrogens with two attached hydrogens (primary N) is 1. The monoisotopic (exact) mass is 958 g/mol. The van der Waals surface area contributed by atoms with Crippen LogP contribution in [0.1, 0.15) is 109 Å². The number of phenolic OH excluding ortho intramolecular Hbond substituents is 1. The number of amides is 10. The molecule has 4 rings (SSSR count). The molecule has 0 bridgehead atoms. The number of carbonyl (C=O) groups is 9. The first-order chi connectivity index (χ1) is 32.0. The van der Waals surface area contributed by atoms with Crippen molar-refractivity contribution < 1.29 is 53.5 Å². The summed E-state index contributed by atoms with van der Waals surface area (Å²) in [4.78, 5) is 115. The number of fused-ring (bicyclic) bond motifs is 1. The first-order valence-corrected chi connectivity index (χ1v) is 24.5. The van der Waals surface area contributed by atoms with Crippen molar-refractivity contribution in [3.8, 4) is 5.75 Å². The molecule has 2 heterocycles. The molecule has 1 unspecified atom stereocenters. The predicted molar refractivity (Wildman–Crippen MR) is 248 cm³/mol. The van der Waals surface area contributed by atoms with E-state index in [1.807, 2.05) is 25.6 Å². The Morgan fingerprint density at radius 3 is 2.15 bits per heavy atom. The van der Waals surface area contributed by atoms with E-state index in [0.29, 0.717) is 49.5 Å². The van der Waals surface area contributed by atoms with Gasteiger partial charge in [-0.15, -0.1) is 0 Å². The normalized spacial score (nSPS) is 19.6. The summed E-state index contributed by atoms with van der Waals surface area (Å²) in [5.74, 6) is -5.15. The molecule has 1 saturated carbocycles. The fraction of sp³-hybridized carbons (Fsp3) is 0.667. The largest absolute Gasteiger partial charge is 0.508 e. The first kappa shape index (κ1) is 54.0. The summed E-state index contributed by atoms with van der Waals surface area (Å²) in [7, 11) is 0. The van der Waals surface area contributed by atoms with E-state index in [2.05, 4.69) is 42.5 Å². The lowest BCUT2D eigenvalue weighted by atomic mass is 9.78. The number of unbranched alkanes of at least 4 members (excludes halogenated alkanes) is 2. The van der Waals surface area contributed by atoms with Crippen LogP contribution in [-0.2, 0) is 44.8 Å². The third-order valence-corrected chi connectivity index (χ3v) is 13.8. The molecule has 22 heteroatoms. The standard InChI is InChI=1S/C45H70N10O11S/c1-26(2)20-32(52-44(64)33(21-27-15-17-29(56)18-16-27)51-42(62)30(22-37(58)55-66)28-10-4-3-5-11-28)43(63)49-23-38(59)48-24-39(60)50-31(41(46)61)12-8-9-19-47-36(57)14-7-6-13-35-40-34(25-67-35)53-45(65)54-40/h15-18,26,28,30-35,40,56,66H,3-14,19-25H2,1-2H3,(H2,46,61)(H,47,57)(H,48,59)(H,49,63)(H,50,60)(H,51,62)(H,52,64)(H,55,58)(H2,53,54,65)/t30?,31-,32-,33-,34-,35-,40-/m0/s1.